The summed E-state index contributed by atoms with van der Waals surface area (Å²) in [6.45, 7) is 42.0. The summed E-state index contributed by atoms with van der Waals surface area (Å²) >= 11 is 0. The Morgan fingerprint density at radius 2 is 0.892 bits per heavy atom. The Morgan fingerprint density at radius 1 is 0.385 bits per heavy atom. The van der Waals surface area contributed by atoms with Gasteiger partial charge >= 0.3 is 0 Å². The minimum atomic E-state index is -0.128. The SMILES string of the molecule is CC(C)(C)c1cc(Oc2ccc3c4cc(C(C)(C)C)ccc4n(-c4cc(C(C)(C)C)ccn4)c3c2)cc(N2CN(c3cc(C(C)(C)C)cc(C(C)(C)C)c3)c3ccc(C(C)(C)C)cc32)c1. The molecule has 0 aliphatic carbocycles. The van der Waals surface area contributed by atoms with Crippen LogP contribution in [0.4, 0.5) is 22.7 Å². The maximum absolute atomic E-state index is 7.08. The predicted molar refractivity (Wildman–Crippen MR) is 279 cm³/mol. The molecule has 0 unspecified atom stereocenters. The van der Waals surface area contributed by atoms with Gasteiger partial charge in [0.25, 0.3) is 0 Å². The van der Waals surface area contributed by atoms with Crippen molar-refractivity contribution >= 4 is 44.6 Å². The maximum atomic E-state index is 7.08. The number of anilines is 4. The van der Waals surface area contributed by atoms with Gasteiger partial charge in [-0.3, -0.25) is 4.57 Å². The van der Waals surface area contributed by atoms with E-state index in [1.807, 2.05) is 6.20 Å². The Balaban J connectivity index is 1.28. The third-order valence-corrected chi connectivity index (χ3v) is 13.4. The number of aromatic nitrogens is 2. The maximum Gasteiger partial charge on any atom is 0.137 e. The molecular weight excluding hydrogens is 793 g/mol. The Morgan fingerprint density at radius 3 is 1.48 bits per heavy atom. The minimum Gasteiger partial charge on any atom is -0.457 e. The summed E-state index contributed by atoms with van der Waals surface area (Å²) in [5.74, 6) is 2.51. The second-order valence-electron chi connectivity index (χ2n) is 24.9. The zero-order valence-corrected chi connectivity index (χ0v) is 42.8. The zero-order valence-electron chi connectivity index (χ0n) is 42.8. The van der Waals surface area contributed by atoms with E-state index in [2.05, 4.69) is 242 Å². The molecule has 1 aliphatic rings. The average Bonchev–Trinajstić information content (AvgIpc) is 3.74. The molecule has 5 nitrogen and oxygen atoms in total. The highest BCUT2D eigenvalue weighted by Gasteiger charge is 2.33. The van der Waals surface area contributed by atoms with Gasteiger partial charge in [0.2, 0.25) is 0 Å². The van der Waals surface area contributed by atoms with Crippen molar-refractivity contribution in [3.05, 3.63) is 143 Å². The molecule has 0 saturated carbocycles. The molecule has 0 fully saturated rings. The number of nitrogens with zero attached hydrogens (tertiary/aromatic N) is 4. The first-order chi connectivity index (χ1) is 30.0. The highest BCUT2D eigenvalue weighted by molar-refractivity contribution is 6.10. The fraction of sp³-hybridized carbons (Fsp3) is 0.417. The summed E-state index contributed by atoms with van der Waals surface area (Å²) in [4.78, 5) is 9.99. The Hall–Kier alpha value is -5.55. The molecule has 0 saturated heterocycles. The van der Waals surface area contributed by atoms with Crippen LogP contribution in [0.15, 0.2) is 109 Å². The van der Waals surface area contributed by atoms with E-state index < -0.39 is 0 Å². The van der Waals surface area contributed by atoms with Gasteiger partial charge in [-0.25, -0.2) is 4.98 Å². The molecule has 5 heteroatoms. The van der Waals surface area contributed by atoms with Gasteiger partial charge in [-0.15, -0.1) is 0 Å². The Labute approximate surface area is 390 Å². The normalized spacial score (nSPS) is 14.2. The van der Waals surface area contributed by atoms with E-state index in [1.165, 1.54) is 61.2 Å². The fourth-order valence-electron chi connectivity index (χ4n) is 8.95. The topological polar surface area (TPSA) is 33.5 Å². The molecule has 1 aliphatic heterocycles. The smallest absolute Gasteiger partial charge is 0.137 e. The van der Waals surface area contributed by atoms with Crippen LogP contribution in [0.5, 0.6) is 11.5 Å². The Kier molecular flexibility index (Phi) is 11.0. The lowest BCUT2D eigenvalue weighted by atomic mass is 9.80. The van der Waals surface area contributed by atoms with Crippen molar-refractivity contribution in [2.24, 2.45) is 0 Å². The quantitative estimate of drug-likeness (QED) is 0.173. The number of rotatable bonds is 5. The van der Waals surface area contributed by atoms with Crippen molar-refractivity contribution in [3.8, 4) is 17.3 Å². The second-order valence-corrected chi connectivity index (χ2v) is 24.9. The molecule has 0 N–H and O–H groups in total. The number of hydrogen-bond donors (Lipinski definition) is 0. The summed E-state index contributed by atoms with van der Waals surface area (Å²) in [7, 11) is 0. The first-order valence-electron chi connectivity index (χ1n) is 23.7. The van der Waals surface area contributed by atoms with Crippen LogP contribution in [-0.4, -0.2) is 16.2 Å². The lowest BCUT2D eigenvalue weighted by molar-refractivity contribution is 0.479. The monoisotopic (exact) mass is 867 g/mol. The minimum absolute atomic E-state index is 0.00133. The van der Waals surface area contributed by atoms with Crippen LogP contribution in [0.1, 0.15) is 158 Å². The van der Waals surface area contributed by atoms with E-state index in [0.717, 1.165) is 34.0 Å². The van der Waals surface area contributed by atoms with Gasteiger partial charge in [0.15, 0.2) is 0 Å². The van der Waals surface area contributed by atoms with Gasteiger partial charge in [0.1, 0.15) is 24.0 Å². The first-order valence-corrected chi connectivity index (χ1v) is 23.7. The lowest BCUT2D eigenvalue weighted by Gasteiger charge is -2.29. The van der Waals surface area contributed by atoms with Gasteiger partial charge in [0, 0.05) is 40.5 Å². The largest absolute Gasteiger partial charge is 0.457 e. The molecule has 5 aromatic carbocycles. The fourth-order valence-corrected chi connectivity index (χ4v) is 8.95. The molecule has 0 bridgehead atoms. The molecule has 8 rings (SSSR count). The molecule has 65 heavy (non-hydrogen) atoms. The lowest BCUT2D eigenvalue weighted by Crippen LogP contribution is -2.26. The van der Waals surface area contributed by atoms with Gasteiger partial charge in [-0.1, -0.05) is 143 Å². The molecule has 0 radical (unpaired) electrons. The summed E-state index contributed by atoms with van der Waals surface area (Å²) < 4.78 is 9.39. The molecule has 7 aromatic rings. The van der Waals surface area contributed by atoms with Crippen LogP contribution in [0.3, 0.4) is 0 Å². The van der Waals surface area contributed by atoms with Gasteiger partial charge in [-0.2, -0.15) is 0 Å². The van der Waals surface area contributed by atoms with Crippen molar-refractivity contribution in [1.82, 2.24) is 9.55 Å². The van der Waals surface area contributed by atoms with Crippen molar-refractivity contribution in [2.75, 3.05) is 16.5 Å². The van der Waals surface area contributed by atoms with E-state index in [-0.39, 0.29) is 32.5 Å². The van der Waals surface area contributed by atoms with Crippen molar-refractivity contribution in [2.45, 2.75) is 157 Å². The number of fused-ring (bicyclic) bond motifs is 4. The molecule has 340 valence electrons. The standard InChI is InChI=1S/C60H74N4O/c1-55(2,3)38-19-23-50-49(32-38)48-22-21-46(36-52(48)64(50)54-34-40(25-26-61-54)57(7,8)9)65-47-31-43(60(16,17)18)30-45(35-47)63-37-62(51-24-20-39(33-53(51)63)56(4,5)6)44-28-41(58(10,11)12)27-42(29-44)59(13,14)15/h19-36H,37H2,1-18H3. The average molecular weight is 867 g/mol. The van der Waals surface area contributed by atoms with Crippen LogP contribution in [0, 0.1) is 0 Å². The van der Waals surface area contributed by atoms with Gasteiger partial charge in [-0.05, 0) is 139 Å². The highest BCUT2D eigenvalue weighted by atomic mass is 16.5. The number of hydrogen-bond acceptors (Lipinski definition) is 4. The third-order valence-electron chi connectivity index (χ3n) is 13.4. The molecular formula is C60H74N4O. The van der Waals surface area contributed by atoms with Crippen LogP contribution in [0.2, 0.25) is 0 Å². The summed E-state index contributed by atoms with van der Waals surface area (Å²) in [5, 5.41) is 2.40. The van der Waals surface area contributed by atoms with Gasteiger partial charge in [0.05, 0.1) is 22.4 Å². The predicted octanol–water partition coefficient (Wildman–Crippen LogP) is 17.0. The zero-order chi connectivity index (χ0) is 47.4. The van der Waals surface area contributed by atoms with E-state index in [0.29, 0.717) is 6.67 Å². The van der Waals surface area contributed by atoms with Crippen molar-refractivity contribution < 1.29 is 4.74 Å². The third kappa shape index (κ3) is 9.05. The van der Waals surface area contributed by atoms with E-state index in [9.17, 15) is 0 Å². The molecule has 0 atom stereocenters. The van der Waals surface area contributed by atoms with Crippen LogP contribution in [0.25, 0.3) is 27.6 Å². The van der Waals surface area contributed by atoms with E-state index >= 15 is 0 Å². The number of benzene rings is 5. The van der Waals surface area contributed by atoms with Crippen LogP contribution < -0.4 is 14.5 Å². The molecule has 3 heterocycles. The van der Waals surface area contributed by atoms with E-state index in [4.69, 9.17) is 9.72 Å². The molecule has 2 aromatic heterocycles. The highest BCUT2D eigenvalue weighted by Crippen LogP contribution is 2.49. The summed E-state index contributed by atoms with van der Waals surface area (Å²) in [5.41, 5.74) is 14.6. The summed E-state index contributed by atoms with van der Waals surface area (Å²) in [6, 6.07) is 39.0. The van der Waals surface area contributed by atoms with Crippen LogP contribution in [-0.2, 0) is 32.5 Å². The first kappa shape index (κ1) is 46.0. The van der Waals surface area contributed by atoms with Crippen molar-refractivity contribution in [1.29, 1.82) is 0 Å². The molecule has 0 spiro atoms. The Bertz CT molecular complexity index is 2910. The van der Waals surface area contributed by atoms with Crippen LogP contribution >= 0.6 is 0 Å². The van der Waals surface area contributed by atoms with Crippen molar-refractivity contribution in [3.63, 3.8) is 0 Å². The molecule has 0 amide bonds. The number of ether oxygens (including phenoxy) is 1. The summed E-state index contributed by atoms with van der Waals surface area (Å²) in [6.07, 6.45) is 1.95. The van der Waals surface area contributed by atoms with E-state index in [1.54, 1.807) is 0 Å². The van der Waals surface area contributed by atoms with Gasteiger partial charge < -0.3 is 14.5 Å². The second kappa shape index (κ2) is 15.5. The number of pyridine rings is 1.